The Morgan fingerprint density at radius 3 is 2.38 bits per heavy atom. The summed E-state index contributed by atoms with van der Waals surface area (Å²) in [5.74, 6) is -1.46. The zero-order valence-electron chi connectivity index (χ0n) is 12.8. The molecular formula is C17H24FNO2. The van der Waals surface area contributed by atoms with E-state index in [2.05, 4.69) is 18.7 Å². The zero-order valence-corrected chi connectivity index (χ0v) is 12.8. The summed E-state index contributed by atoms with van der Waals surface area (Å²) in [6.07, 6.45) is 6.53. The number of carboxylic acids is 1. The third-order valence-electron chi connectivity index (χ3n) is 3.33. The maximum Gasteiger partial charge on any atom is 0.328 e. The van der Waals surface area contributed by atoms with Crippen LogP contribution in [0.3, 0.4) is 0 Å². The molecule has 0 fully saturated rings. The van der Waals surface area contributed by atoms with Crippen LogP contribution in [0, 0.1) is 5.82 Å². The van der Waals surface area contributed by atoms with E-state index >= 15 is 0 Å². The zero-order chi connectivity index (χ0) is 15.7. The van der Waals surface area contributed by atoms with E-state index in [-0.39, 0.29) is 5.82 Å². The normalized spacial score (nSPS) is 11.0. The molecule has 1 rings (SSSR count). The van der Waals surface area contributed by atoms with E-state index in [9.17, 15) is 9.18 Å². The number of aliphatic carboxylic acids is 1. The van der Waals surface area contributed by atoms with E-state index in [1.807, 2.05) is 6.07 Å². The van der Waals surface area contributed by atoms with Crippen molar-refractivity contribution in [2.24, 2.45) is 0 Å². The van der Waals surface area contributed by atoms with Crippen molar-refractivity contribution in [3.8, 4) is 0 Å². The maximum atomic E-state index is 14.0. The van der Waals surface area contributed by atoms with Crippen molar-refractivity contribution < 1.29 is 14.3 Å². The summed E-state index contributed by atoms with van der Waals surface area (Å²) in [6.45, 7) is 5.95. The van der Waals surface area contributed by atoms with Crippen LogP contribution in [0.5, 0.6) is 0 Å². The third kappa shape index (κ3) is 5.58. The number of benzene rings is 1. The molecule has 0 aliphatic carbocycles. The first kappa shape index (κ1) is 17.2. The van der Waals surface area contributed by atoms with Crippen LogP contribution in [0.2, 0.25) is 0 Å². The molecule has 116 valence electrons. The summed E-state index contributed by atoms with van der Waals surface area (Å²) in [5.41, 5.74) is 1.13. The van der Waals surface area contributed by atoms with E-state index in [1.165, 1.54) is 12.1 Å². The minimum atomic E-state index is -1.07. The van der Waals surface area contributed by atoms with Gasteiger partial charge in [-0.3, -0.25) is 0 Å². The standard InChI is InChI=1S/C17H24FNO2/c1-3-5-12-19(13-6-4-2)16-9-7-8-15(18)14(16)10-11-17(20)21/h7-11H,3-6,12-13H2,1-2H3,(H,20,21)/b11-10+. The molecule has 0 atom stereocenters. The van der Waals surface area contributed by atoms with E-state index in [4.69, 9.17) is 5.11 Å². The number of hydrogen-bond acceptors (Lipinski definition) is 2. The number of nitrogens with zero attached hydrogens (tertiary/aromatic N) is 1. The van der Waals surface area contributed by atoms with Gasteiger partial charge in [-0.15, -0.1) is 0 Å². The van der Waals surface area contributed by atoms with Crippen LogP contribution in [0.25, 0.3) is 6.08 Å². The average Bonchev–Trinajstić information content (AvgIpc) is 2.46. The van der Waals surface area contributed by atoms with Gasteiger partial charge in [0, 0.05) is 30.4 Å². The van der Waals surface area contributed by atoms with E-state index in [1.54, 1.807) is 6.07 Å². The smallest absolute Gasteiger partial charge is 0.328 e. The summed E-state index contributed by atoms with van der Waals surface area (Å²) >= 11 is 0. The van der Waals surface area contributed by atoms with E-state index < -0.39 is 5.97 Å². The van der Waals surface area contributed by atoms with Crippen LogP contribution in [0.1, 0.15) is 45.1 Å². The van der Waals surface area contributed by atoms with Crippen molar-refractivity contribution in [1.29, 1.82) is 0 Å². The van der Waals surface area contributed by atoms with Crippen molar-refractivity contribution in [1.82, 2.24) is 0 Å². The highest BCUT2D eigenvalue weighted by atomic mass is 19.1. The number of unbranched alkanes of at least 4 members (excludes halogenated alkanes) is 2. The Morgan fingerprint density at radius 1 is 1.24 bits per heavy atom. The second-order valence-electron chi connectivity index (χ2n) is 5.04. The highest BCUT2D eigenvalue weighted by molar-refractivity contribution is 5.87. The van der Waals surface area contributed by atoms with Gasteiger partial charge in [0.25, 0.3) is 0 Å². The summed E-state index contributed by atoms with van der Waals surface area (Å²) < 4.78 is 14.0. The SMILES string of the molecule is CCCCN(CCCC)c1cccc(F)c1/C=C/C(=O)O. The lowest BCUT2D eigenvalue weighted by molar-refractivity contribution is -0.131. The molecule has 1 aromatic carbocycles. The number of halogens is 1. The molecule has 1 N–H and O–H groups in total. The molecule has 0 saturated heterocycles. The Morgan fingerprint density at radius 2 is 1.86 bits per heavy atom. The third-order valence-corrected chi connectivity index (χ3v) is 3.33. The predicted molar refractivity (Wildman–Crippen MR) is 85.1 cm³/mol. The lowest BCUT2D eigenvalue weighted by atomic mass is 10.1. The van der Waals surface area contributed by atoms with E-state index in [0.29, 0.717) is 5.56 Å². The number of carboxylic acid groups (broad SMARTS) is 1. The first-order valence-corrected chi connectivity index (χ1v) is 7.54. The van der Waals surface area contributed by atoms with Crippen LogP contribution in [0.15, 0.2) is 24.3 Å². The maximum absolute atomic E-state index is 14.0. The molecule has 0 amide bonds. The van der Waals surface area contributed by atoms with Crippen molar-refractivity contribution >= 4 is 17.7 Å². The highest BCUT2D eigenvalue weighted by Gasteiger charge is 2.12. The Balaban J connectivity index is 3.10. The van der Waals surface area contributed by atoms with Gasteiger partial charge in [0.05, 0.1) is 0 Å². The molecule has 0 aliphatic rings. The van der Waals surface area contributed by atoms with Gasteiger partial charge >= 0.3 is 5.97 Å². The largest absolute Gasteiger partial charge is 0.478 e. The van der Waals surface area contributed by atoms with Crippen molar-refractivity contribution in [2.75, 3.05) is 18.0 Å². The topological polar surface area (TPSA) is 40.5 Å². The molecule has 4 heteroatoms. The summed E-state index contributed by atoms with van der Waals surface area (Å²) in [4.78, 5) is 12.8. The summed E-state index contributed by atoms with van der Waals surface area (Å²) in [6, 6.07) is 4.90. The first-order valence-electron chi connectivity index (χ1n) is 7.54. The number of carbonyl (C=O) groups is 1. The van der Waals surface area contributed by atoms with Gasteiger partial charge in [-0.05, 0) is 31.1 Å². The lowest BCUT2D eigenvalue weighted by Crippen LogP contribution is -2.26. The van der Waals surface area contributed by atoms with Crippen LogP contribution >= 0.6 is 0 Å². The predicted octanol–water partition coefficient (Wildman–Crippen LogP) is 4.33. The molecule has 0 spiro atoms. The molecule has 0 saturated carbocycles. The minimum Gasteiger partial charge on any atom is -0.478 e. The Bertz CT molecular complexity index is 478. The number of rotatable bonds is 9. The molecule has 0 radical (unpaired) electrons. The Hall–Kier alpha value is -1.84. The summed E-state index contributed by atoms with van der Waals surface area (Å²) in [7, 11) is 0. The quantitative estimate of drug-likeness (QED) is 0.689. The fourth-order valence-corrected chi connectivity index (χ4v) is 2.17. The van der Waals surface area contributed by atoms with Crippen LogP contribution in [-0.2, 0) is 4.79 Å². The van der Waals surface area contributed by atoms with E-state index in [0.717, 1.165) is 50.5 Å². The molecule has 0 unspecified atom stereocenters. The van der Waals surface area contributed by atoms with Gasteiger partial charge in [-0.25, -0.2) is 9.18 Å². The van der Waals surface area contributed by atoms with Crippen molar-refractivity contribution in [3.63, 3.8) is 0 Å². The fraction of sp³-hybridized carbons (Fsp3) is 0.471. The van der Waals surface area contributed by atoms with Gasteiger partial charge < -0.3 is 10.0 Å². The second-order valence-corrected chi connectivity index (χ2v) is 5.04. The van der Waals surface area contributed by atoms with Gasteiger partial charge in [0.1, 0.15) is 5.82 Å². The molecule has 0 aromatic heterocycles. The number of hydrogen-bond donors (Lipinski definition) is 1. The molecule has 0 bridgehead atoms. The Kier molecular flexibility index (Phi) is 7.51. The molecule has 0 heterocycles. The van der Waals surface area contributed by atoms with Crippen LogP contribution in [-0.4, -0.2) is 24.2 Å². The monoisotopic (exact) mass is 293 g/mol. The van der Waals surface area contributed by atoms with Crippen molar-refractivity contribution in [3.05, 3.63) is 35.7 Å². The molecular weight excluding hydrogens is 269 g/mol. The Labute approximate surface area is 126 Å². The van der Waals surface area contributed by atoms with Crippen molar-refractivity contribution in [2.45, 2.75) is 39.5 Å². The van der Waals surface area contributed by atoms with Gasteiger partial charge in [0.2, 0.25) is 0 Å². The van der Waals surface area contributed by atoms with Gasteiger partial charge in [0.15, 0.2) is 0 Å². The molecule has 3 nitrogen and oxygen atoms in total. The van der Waals surface area contributed by atoms with Gasteiger partial charge in [-0.2, -0.15) is 0 Å². The molecule has 1 aromatic rings. The average molecular weight is 293 g/mol. The van der Waals surface area contributed by atoms with Gasteiger partial charge in [-0.1, -0.05) is 32.8 Å². The number of anilines is 1. The minimum absolute atomic E-state index is 0.354. The van der Waals surface area contributed by atoms with Crippen LogP contribution < -0.4 is 4.90 Å². The fourth-order valence-electron chi connectivity index (χ4n) is 2.17. The molecule has 0 aliphatic heterocycles. The highest BCUT2D eigenvalue weighted by Crippen LogP contribution is 2.25. The second kappa shape index (κ2) is 9.16. The lowest BCUT2D eigenvalue weighted by Gasteiger charge is -2.26. The van der Waals surface area contributed by atoms with Crippen LogP contribution in [0.4, 0.5) is 10.1 Å². The summed E-state index contributed by atoms with van der Waals surface area (Å²) in [5, 5.41) is 8.76. The first-order chi connectivity index (χ1) is 10.1. The molecule has 21 heavy (non-hydrogen) atoms.